The zero-order valence-corrected chi connectivity index (χ0v) is 12.9. The summed E-state index contributed by atoms with van der Waals surface area (Å²) in [7, 11) is 0. The first-order valence-electron chi connectivity index (χ1n) is 6.45. The van der Waals surface area contributed by atoms with E-state index >= 15 is 0 Å². The minimum Gasteiger partial charge on any atom is -0.478 e. The number of benzene rings is 1. The molecular formula is C15H16ClNO5. The van der Waals surface area contributed by atoms with Gasteiger partial charge in [-0.1, -0.05) is 18.2 Å². The van der Waals surface area contributed by atoms with Gasteiger partial charge in [-0.15, -0.1) is 12.4 Å². The highest BCUT2D eigenvalue weighted by atomic mass is 35.5. The van der Waals surface area contributed by atoms with Crippen molar-refractivity contribution in [1.82, 2.24) is 4.98 Å². The van der Waals surface area contributed by atoms with E-state index in [-0.39, 0.29) is 24.8 Å². The number of carbonyl (C=O) groups excluding carboxylic acids is 1. The molecule has 0 saturated carbocycles. The lowest BCUT2D eigenvalue weighted by Crippen LogP contribution is -2.37. The van der Waals surface area contributed by atoms with E-state index in [4.69, 9.17) is 14.6 Å². The van der Waals surface area contributed by atoms with Gasteiger partial charge in [-0.25, -0.2) is 14.6 Å². The van der Waals surface area contributed by atoms with Gasteiger partial charge in [0.15, 0.2) is 0 Å². The van der Waals surface area contributed by atoms with E-state index in [1.165, 1.54) is 0 Å². The van der Waals surface area contributed by atoms with E-state index in [1.807, 2.05) is 25.1 Å². The van der Waals surface area contributed by atoms with Gasteiger partial charge in [-0.2, -0.15) is 0 Å². The largest absolute Gasteiger partial charge is 0.478 e. The third-order valence-electron chi connectivity index (χ3n) is 2.79. The summed E-state index contributed by atoms with van der Waals surface area (Å²) in [5, 5.41) is 9.91. The lowest BCUT2D eigenvalue weighted by atomic mass is 10.2. The summed E-state index contributed by atoms with van der Waals surface area (Å²) in [5.74, 6) is -2.11. The van der Waals surface area contributed by atoms with Gasteiger partial charge in [-0.3, -0.25) is 0 Å². The van der Waals surface area contributed by atoms with Crippen LogP contribution in [-0.2, 0) is 14.3 Å². The number of fused-ring (bicyclic) bond motifs is 1. The molecule has 0 aliphatic rings. The Balaban J connectivity index is 0.00000242. The Kier molecular flexibility index (Phi) is 6.12. The van der Waals surface area contributed by atoms with Gasteiger partial charge in [0.25, 0.3) is 6.10 Å². The molecule has 118 valence electrons. The van der Waals surface area contributed by atoms with Crippen LogP contribution >= 0.6 is 12.4 Å². The second-order valence-electron chi connectivity index (χ2n) is 4.37. The zero-order chi connectivity index (χ0) is 15.4. The molecule has 7 heteroatoms. The van der Waals surface area contributed by atoms with Crippen molar-refractivity contribution in [2.24, 2.45) is 0 Å². The molecule has 0 aliphatic heterocycles. The molecule has 0 saturated heterocycles. The minimum atomic E-state index is -1.71. The molecule has 1 heterocycles. The molecule has 0 spiro atoms. The van der Waals surface area contributed by atoms with Crippen LogP contribution in [0.1, 0.15) is 12.6 Å². The van der Waals surface area contributed by atoms with Crippen molar-refractivity contribution in [3.05, 3.63) is 36.0 Å². The SMILES string of the molecule is CCOC(=O)C(Oc1cccc2ccc(C)nc12)C(=O)O.Cl. The summed E-state index contributed by atoms with van der Waals surface area (Å²) in [6, 6.07) is 8.80. The second-order valence-corrected chi connectivity index (χ2v) is 4.37. The van der Waals surface area contributed by atoms with Crippen molar-refractivity contribution >= 4 is 35.2 Å². The molecular weight excluding hydrogens is 310 g/mol. The van der Waals surface area contributed by atoms with E-state index in [1.54, 1.807) is 19.1 Å². The Morgan fingerprint density at radius 3 is 2.64 bits per heavy atom. The highest BCUT2D eigenvalue weighted by molar-refractivity contribution is 5.98. The number of carboxylic acid groups (broad SMARTS) is 1. The molecule has 0 amide bonds. The molecule has 0 radical (unpaired) electrons. The first kappa shape index (κ1) is 17.7. The Morgan fingerprint density at radius 1 is 1.27 bits per heavy atom. The van der Waals surface area contributed by atoms with Gasteiger partial charge < -0.3 is 14.6 Å². The molecule has 1 aromatic carbocycles. The van der Waals surface area contributed by atoms with Gasteiger partial charge in [-0.05, 0) is 26.0 Å². The Bertz CT molecular complexity index is 689. The lowest BCUT2D eigenvalue weighted by molar-refractivity contribution is -0.162. The third-order valence-corrected chi connectivity index (χ3v) is 2.79. The van der Waals surface area contributed by atoms with Gasteiger partial charge >= 0.3 is 11.9 Å². The second kappa shape index (κ2) is 7.61. The quantitative estimate of drug-likeness (QED) is 0.671. The predicted octanol–water partition coefficient (Wildman–Crippen LogP) is 2.36. The molecule has 22 heavy (non-hydrogen) atoms. The van der Waals surface area contributed by atoms with Crippen LogP contribution in [0.3, 0.4) is 0 Å². The minimum absolute atomic E-state index is 0. The topological polar surface area (TPSA) is 85.7 Å². The number of halogens is 1. The van der Waals surface area contributed by atoms with E-state index in [9.17, 15) is 9.59 Å². The van der Waals surface area contributed by atoms with Crippen LogP contribution in [0, 0.1) is 6.92 Å². The van der Waals surface area contributed by atoms with Crippen LogP contribution < -0.4 is 4.74 Å². The van der Waals surface area contributed by atoms with Gasteiger partial charge in [0.05, 0.1) is 6.61 Å². The highest BCUT2D eigenvalue weighted by Crippen LogP contribution is 2.25. The van der Waals surface area contributed by atoms with Crippen LogP contribution in [0.4, 0.5) is 0 Å². The average Bonchev–Trinajstić information content (AvgIpc) is 2.44. The van der Waals surface area contributed by atoms with Crippen LogP contribution in [0.15, 0.2) is 30.3 Å². The number of carbonyl (C=O) groups is 2. The smallest absolute Gasteiger partial charge is 0.359 e. The number of aromatic nitrogens is 1. The summed E-state index contributed by atoms with van der Waals surface area (Å²) in [6.45, 7) is 3.49. The summed E-state index contributed by atoms with van der Waals surface area (Å²) in [5.41, 5.74) is 1.27. The van der Waals surface area contributed by atoms with Crippen molar-refractivity contribution in [2.45, 2.75) is 20.0 Å². The first-order chi connectivity index (χ1) is 10.0. The molecule has 0 bridgehead atoms. The fraction of sp³-hybridized carbons (Fsp3) is 0.267. The Morgan fingerprint density at radius 2 is 2.00 bits per heavy atom. The number of pyridine rings is 1. The fourth-order valence-electron chi connectivity index (χ4n) is 1.86. The predicted molar refractivity (Wildman–Crippen MR) is 82.4 cm³/mol. The van der Waals surface area contributed by atoms with Crippen molar-refractivity contribution in [3.8, 4) is 5.75 Å². The van der Waals surface area contributed by atoms with Gasteiger partial charge in [0, 0.05) is 11.1 Å². The maximum absolute atomic E-state index is 11.6. The average molecular weight is 326 g/mol. The highest BCUT2D eigenvalue weighted by Gasteiger charge is 2.30. The zero-order valence-electron chi connectivity index (χ0n) is 12.1. The molecule has 2 aromatic rings. The fourth-order valence-corrected chi connectivity index (χ4v) is 1.86. The Labute approximate surface area is 133 Å². The van der Waals surface area contributed by atoms with E-state index in [2.05, 4.69) is 4.98 Å². The first-order valence-corrected chi connectivity index (χ1v) is 6.45. The summed E-state index contributed by atoms with van der Waals surface area (Å²) >= 11 is 0. The molecule has 0 fully saturated rings. The Hall–Kier alpha value is -2.34. The number of rotatable bonds is 5. The van der Waals surface area contributed by atoms with E-state index in [0.717, 1.165) is 11.1 Å². The maximum Gasteiger partial charge on any atom is 0.359 e. The molecule has 1 unspecified atom stereocenters. The number of ether oxygens (including phenoxy) is 2. The lowest BCUT2D eigenvalue weighted by Gasteiger charge is -2.15. The van der Waals surface area contributed by atoms with Crippen LogP contribution in [0.2, 0.25) is 0 Å². The molecule has 1 atom stereocenters. The number of esters is 1. The van der Waals surface area contributed by atoms with E-state index in [0.29, 0.717) is 5.52 Å². The molecule has 1 N–H and O–H groups in total. The van der Waals surface area contributed by atoms with Crippen molar-refractivity contribution in [3.63, 3.8) is 0 Å². The summed E-state index contributed by atoms with van der Waals surface area (Å²) in [6.07, 6.45) is -1.71. The van der Waals surface area contributed by atoms with Crippen LogP contribution in [0.5, 0.6) is 5.75 Å². The third kappa shape index (κ3) is 3.85. The summed E-state index contributed by atoms with van der Waals surface area (Å²) in [4.78, 5) is 27.1. The number of para-hydroxylation sites is 1. The molecule has 0 aliphatic carbocycles. The number of aryl methyl sites for hydroxylation is 1. The number of carboxylic acids is 1. The molecule has 2 rings (SSSR count). The van der Waals surface area contributed by atoms with Crippen LogP contribution in [0.25, 0.3) is 10.9 Å². The standard InChI is InChI=1S/C15H15NO5.ClH/c1-3-20-15(19)13(14(17)18)21-11-6-4-5-10-8-7-9(2)16-12(10)11;/h4-8,13H,3H2,1-2H3,(H,17,18);1H. The number of hydrogen-bond acceptors (Lipinski definition) is 5. The molecule has 1 aromatic heterocycles. The van der Waals surface area contributed by atoms with Gasteiger partial charge in [0.2, 0.25) is 0 Å². The monoisotopic (exact) mass is 325 g/mol. The number of aliphatic carboxylic acids is 1. The van der Waals surface area contributed by atoms with Crippen LogP contribution in [-0.4, -0.2) is 34.7 Å². The number of nitrogens with zero attached hydrogens (tertiary/aromatic N) is 1. The van der Waals surface area contributed by atoms with Crippen molar-refractivity contribution < 1.29 is 24.2 Å². The summed E-state index contributed by atoms with van der Waals surface area (Å²) < 4.78 is 10.0. The molecule has 6 nitrogen and oxygen atoms in total. The maximum atomic E-state index is 11.6. The van der Waals surface area contributed by atoms with Crippen molar-refractivity contribution in [1.29, 1.82) is 0 Å². The van der Waals surface area contributed by atoms with Gasteiger partial charge in [0.1, 0.15) is 11.3 Å². The van der Waals surface area contributed by atoms with Crippen molar-refractivity contribution in [2.75, 3.05) is 6.61 Å². The normalized spacial score (nSPS) is 11.4. The van der Waals surface area contributed by atoms with E-state index < -0.39 is 18.0 Å². The number of hydrogen-bond donors (Lipinski definition) is 1.